The third-order valence-electron chi connectivity index (χ3n) is 1.32. The third-order valence-corrected chi connectivity index (χ3v) is 2.19. The van der Waals surface area contributed by atoms with Gasteiger partial charge in [-0.15, -0.1) is 0 Å². The molecule has 1 aromatic rings. The van der Waals surface area contributed by atoms with Crippen molar-refractivity contribution in [3.05, 3.63) is 29.8 Å². The number of rotatable bonds is 1. The maximum atomic E-state index is 10.5. The zero-order chi connectivity index (χ0) is 8.48. The zero-order valence-corrected chi connectivity index (χ0v) is 9.63. The monoisotopic (exact) mass is 287 g/mol. The molecule has 1 rings (SSSR count). The van der Waals surface area contributed by atoms with Gasteiger partial charge >= 0.3 is 0 Å². The van der Waals surface area contributed by atoms with Gasteiger partial charge in [0.2, 0.25) is 0 Å². The van der Waals surface area contributed by atoms with Crippen molar-refractivity contribution in [1.82, 2.24) is 0 Å². The van der Waals surface area contributed by atoms with E-state index in [1.54, 1.807) is 12.1 Å². The van der Waals surface area contributed by atoms with Crippen molar-refractivity contribution in [1.29, 1.82) is 0 Å². The van der Waals surface area contributed by atoms with E-state index in [1.807, 2.05) is 6.92 Å². The topological polar surface area (TPSA) is 54.4 Å². The number of hydrogen-bond donors (Lipinski definition) is 1. The quantitative estimate of drug-likeness (QED) is 0.624. The average Bonchev–Trinajstić information content (AvgIpc) is 1.86. The van der Waals surface area contributed by atoms with E-state index in [9.17, 15) is 8.42 Å². The summed E-state index contributed by atoms with van der Waals surface area (Å²) in [6, 6.07) is 5.99. The fraction of sp³-hybridized carbons (Fsp3) is 0.143. The minimum absolute atomic E-state index is 0. The van der Waals surface area contributed by atoms with Crippen molar-refractivity contribution in [2.75, 3.05) is 0 Å². The number of aryl methyl sites for hydroxylation is 1. The first-order valence-electron chi connectivity index (χ1n) is 3.04. The molecule has 0 atom stereocenters. The molecule has 6 heteroatoms. The van der Waals surface area contributed by atoms with Crippen LogP contribution in [0.15, 0.2) is 29.2 Å². The Balaban J connectivity index is 0. The summed E-state index contributed by atoms with van der Waals surface area (Å²) in [5.41, 5.74) is 0.956. The Morgan fingerprint density at radius 2 is 1.54 bits per heavy atom. The van der Waals surface area contributed by atoms with E-state index in [-0.39, 0.29) is 38.7 Å². The first kappa shape index (κ1) is 15.6. The van der Waals surface area contributed by atoms with E-state index in [0.29, 0.717) is 0 Å². The van der Waals surface area contributed by atoms with Crippen LogP contribution in [0.1, 0.15) is 5.56 Å². The molecule has 1 N–H and O–H groups in total. The maximum absolute atomic E-state index is 10.5. The fourth-order valence-corrected chi connectivity index (χ4v) is 1.19. The second-order valence-corrected chi connectivity index (χ2v) is 3.71. The van der Waals surface area contributed by atoms with Crippen LogP contribution in [0.25, 0.3) is 0 Å². The van der Waals surface area contributed by atoms with Gasteiger partial charge in [0.05, 0.1) is 4.90 Å². The van der Waals surface area contributed by atoms with Crippen LogP contribution in [0.4, 0.5) is 0 Å². The molecule has 13 heavy (non-hydrogen) atoms. The van der Waals surface area contributed by atoms with E-state index in [1.165, 1.54) is 12.1 Å². The third kappa shape index (κ3) is 4.80. The van der Waals surface area contributed by atoms with Crippen LogP contribution < -0.4 is 0 Å². The smallest absolute Gasteiger partial charge is 0.282 e. The minimum atomic E-state index is -4.02. The Bertz CT molecular complexity index is 347. The molecule has 0 aromatic heterocycles. The van der Waals surface area contributed by atoms with Crippen molar-refractivity contribution in [3.63, 3.8) is 0 Å². The molecule has 1 radical (unpaired) electrons. The van der Waals surface area contributed by atoms with Crippen LogP contribution in [0, 0.1) is 6.92 Å². The van der Waals surface area contributed by atoms with Gasteiger partial charge in [0.15, 0.2) is 0 Å². The summed E-state index contributed by atoms with van der Waals surface area (Å²) in [4.78, 5) is -0.0666. The molecule has 0 aliphatic rings. The van der Waals surface area contributed by atoms with E-state index in [2.05, 4.69) is 0 Å². The van der Waals surface area contributed by atoms with Gasteiger partial charge in [0.25, 0.3) is 10.1 Å². The Morgan fingerprint density at radius 3 is 1.85 bits per heavy atom. The van der Waals surface area contributed by atoms with Crippen LogP contribution in [0.2, 0.25) is 0 Å². The van der Waals surface area contributed by atoms with E-state index in [0.717, 1.165) is 5.56 Å². The number of hydrogen-bond acceptors (Lipinski definition) is 2. The molecule has 0 saturated heterocycles. The van der Waals surface area contributed by atoms with Gasteiger partial charge in [-0.2, -0.15) is 8.42 Å². The van der Waals surface area contributed by atoms with Gasteiger partial charge in [0.1, 0.15) is 0 Å². The average molecular weight is 287 g/mol. The summed E-state index contributed by atoms with van der Waals surface area (Å²) in [5, 5.41) is 0. The SMILES string of the molecule is Cc1ccc(S(=O)(=O)O)cc1.[Co].[Fe]. The molecule has 0 aliphatic heterocycles. The second kappa shape index (κ2) is 5.80. The van der Waals surface area contributed by atoms with Gasteiger partial charge in [-0.1, -0.05) is 17.7 Å². The first-order chi connectivity index (χ1) is 5.00. The van der Waals surface area contributed by atoms with Gasteiger partial charge in [0, 0.05) is 33.8 Å². The molecule has 1 aromatic carbocycles. The minimum Gasteiger partial charge on any atom is -0.282 e. The summed E-state index contributed by atoms with van der Waals surface area (Å²) in [6.07, 6.45) is 0. The summed E-state index contributed by atoms with van der Waals surface area (Å²) < 4.78 is 29.6. The Morgan fingerprint density at radius 1 is 1.15 bits per heavy atom. The molecule has 0 spiro atoms. The Hall–Kier alpha value is 0.156. The largest absolute Gasteiger partial charge is 0.294 e. The van der Waals surface area contributed by atoms with Crippen LogP contribution in [-0.2, 0) is 44.0 Å². The Labute approximate surface area is 98.3 Å². The molecule has 0 unspecified atom stereocenters. The molecule has 0 bridgehead atoms. The van der Waals surface area contributed by atoms with Crippen LogP contribution >= 0.6 is 0 Å². The molecule has 0 fully saturated rings. The van der Waals surface area contributed by atoms with Crippen LogP contribution in [-0.4, -0.2) is 13.0 Å². The molecule has 0 saturated carbocycles. The summed E-state index contributed by atoms with van der Waals surface area (Å²) in [6.45, 7) is 1.84. The molecule has 0 amide bonds. The van der Waals surface area contributed by atoms with Crippen molar-refractivity contribution in [2.24, 2.45) is 0 Å². The second-order valence-electron chi connectivity index (χ2n) is 2.29. The first-order valence-corrected chi connectivity index (χ1v) is 4.48. The molecular formula is C7H8CoFeO3S. The summed E-state index contributed by atoms with van der Waals surface area (Å²) in [5.74, 6) is 0. The van der Waals surface area contributed by atoms with Gasteiger partial charge in [-0.25, -0.2) is 0 Å². The van der Waals surface area contributed by atoms with Gasteiger partial charge in [-0.05, 0) is 19.1 Å². The molecule has 0 heterocycles. The van der Waals surface area contributed by atoms with Gasteiger partial charge < -0.3 is 0 Å². The predicted octanol–water partition coefficient (Wildman–Crippen LogP) is 1.24. The fourth-order valence-electron chi connectivity index (χ4n) is 0.710. The van der Waals surface area contributed by atoms with Gasteiger partial charge in [-0.3, -0.25) is 4.55 Å². The molecular weight excluding hydrogens is 279 g/mol. The molecule has 3 nitrogen and oxygen atoms in total. The van der Waals surface area contributed by atoms with Crippen molar-refractivity contribution in [3.8, 4) is 0 Å². The normalized spacial score (nSPS) is 9.69. The van der Waals surface area contributed by atoms with E-state index in [4.69, 9.17) is 4.55 Å². The van der Waals surface area contributed by atoms with Crippen LogP contribution in [0.3, 0.4) is 0 Å². The summed E-state index contributed by atoms with van der Waals surface area (Å²) >= 11 is 0. The van der Waals surface area contributed by atoms with Crippen LogP contribution in [0.5, 0.6) is 0 Å². The summed E-state index contributed by atoms with van der Waals surface area (Å²) in [7, 11) is -4.02. The van der Waals surface area contributed by atoms with E-state index < -0.39 is 10.1 Å². The number of benzene rings is 1. The standard InChI is InChI=1S/C7H8O3S.Co.Fe/c1-6-2-4-7(5-3-6)11(8,9)10;;/h2-5H,1H3,(H,8,9,10);;. The van der Waals surface area contributed by atoms with Crippen molar-refractivity contribution in [2.45, 2.75) is 11.8 Å². The van der Waals surface area contributed by atoms with E-state index >= 15 is 0 Å². The molecule has 77 valence electrons. The van der Waals surface area contributed by atoms with Crippen molar-refractivity contribution < 1.29 is 46.8 Å². The molecule has 0 aliphatic carbocycles. The predicted molar refractivity (Wildman–Crippen MR) is 41.0 cm³/mol. The Kier molecular flexibility index (Phi) is 6.96. The maximum Gasteiger partial charge on any atom is 0.294 e. The zero-order valence-electron chi connectivity index (χ0n) is 6.67. The van der Waals surface area contributed by atoms with Crippen molar-refractivity contribution >= 4 is 10.1 Å².